The zero-order valence-electron chi connectivity index (χ0n) is 15.5. The van der Waals surface area contributed by atoms with Crippen LogP contribution in [0.15, 0.2) is 48.0 Å². The van der Waals surface area contributed by atoms with Gasteiger partial charge in [-0.25, -0.2) is 13.4 Å². The van der Waals surface area contributed by atoms with Crippen LogP contribution < -0.4 is 4.74 Å². The van der Waals surface area contributed by atoms with Crippen LogP contribution in [0.4, 0.5) is 0 Å². The summed E-state index contributed by atoms with van der Waals surface area (Å²) in [5.74, 6) is 1.75. The van der Waals surface area contributed by atoms with Gasteiger partial charge < -0.3 is 9.64 Å². The first-order valence-electron chi connectivity index (χ1n) is 9.16. The number of hydrogen-bond donors (Lipinski definition) is 0. The maximum absolute atomic E-state index is 12.9. The molecule has 1 aliphatic carbocycles. The molecule has 0 radical (unpaired) electrons. The number of rotatable bonds is 6. The number of amides is 1. The Kier molecular flexibility index (Phi) is 4.89. The van der Waals surface area contributed by atoms with E-state index in [2.05, 4.69) is 9.97 Å². The molecule has 0 N–H and O–H groups in total. The molecule has 0 spiro atoms. The van der Waals surface area contributed by atoms with Crippen molar-refractivity contribution in [1.29, 1.82) is 0 Å². The lowest BCUT2D eigenvalue weighted by molar-refractivity contribution is 0.0565. The summed E-state index contributed by atoms with van der Waals surface area (Å²) in [6.07, 6.45) is 6.43. The fraction of sp³-hybridized carbons (Fsp3) is 0.350. The van der Waals surface area contributed by atoms with Crippen LogP contribution in [0.5, 0.6) is 11.6 Å². The van der Waals surface area contributed by atoms with Crippen LogP contribution in [0.3, 0.4) is 0 Å². The second-order valence-electron chi connectivity index (χ2n) is 7.26. The van der Waals surface area contributed by atoms with Gasteiger partial charge in [-0.3, -0.25) is 4.79 Å². The summed E-state index contributed by atoms with van der Waals surface area (Å²) < 4.78 is 28.3. The Bertz CT molecular complexity index is 1010. The number of benzene rings is 1. The van der Waals surface area contributed by atoms with Gasteiger partial charge in [0.2, 0.25) is 5.88 Å². The van der Waals surface area contributed by atoms with Gasteiger partial charge in [-0.2, -0.15) is 4.98 Å². The molecule has 0 bridgehead atoms. The van der Waals surface area contributed by atoms with Crippen molar-refractivity contribution < 1.29 is 17.9 Å². The zero-order chi connectivity index (χ0) is 19.7. The van der Waals surface area contributed by atoms with Gasteiger partial charge in [0, 0.05) is 42.8 Å². The molecule has 28 heavy (non-hydrogen) atoms. The van der Waals surface area contributed by atoms with Crippen molar-refractivity contribution in [2.24, 2.45) is 5.92 Å². The van der Waals surface area contributed by atoms with E-state index in [1.165, 1.54) is 5.41 Å². The van der Waals surface area contributed by atoms with Gasteiger partial charge in [0.1, 0.15) is 17.1 Å². The van der Waals surface area contributed by atoms with E-state index >= 15 is 0 Å². The van der Waals surface area contributed by atoms with Crippen LogP contribution in [0.25, 0.3) is 0 Å². The van der Waals surface area contributed by atoms with Gasteiger partial charge in [-0.05, 0) is 25.0 Å². The van der Waals surface area contributed by atoms with Crippen LogP contribution in [0.2, 0.25) is 0 Å². The number of para-hydroxylation sites is 1. The van der Waals surface area contributed by atoms with E-state index < -0.39 is 9.84 Å². The highest BCUT2D eigenvalue weighted by Crippen LogP contribution is 2.39. The van der Waals surface area contributed by atoms with Gasteiger partial charge in [0.05, 0.1) is 0 Å². The Balaban J connectivity index is 1.52. The van der Waals surface area contributed by atoms with Gasteiger partial charge >= 0.3 is 0 Å². The van der Waals surface area contributed by atoms with E-state index in [-0.39, 0.29) is 17.7 Å². The van der Waals surface area contributed by atoms with Crippen molar-refractivity contribution in [3.63, 3.8) is 0 Å². The van der Waals surface area contributed by atoms with Gasteiger partial charge in [-0.1, -0.05) is 24.3 Å². The Morgan fingerprint density at radius 1 is 1.21 bits per heavy atom. The zero-order valence-corrected chi connectivity index (χ0v) is 16.3. The quantitative estimate of drug-likeness (QED) is 0.742. The number of carbonyl (C=O) groups is 1. The van der Waals surface area contributed by atoms with Gasteiger partial charge in [-0.15, -0.1) is 0 Å². The van der Waals surface area contributed by atoms with Crippen molar-refractivity contribution in [2.75, 3.05) is 19.3 Å². The summed E-state index contributed by atoms with van der Waals surface area (Å²) >= 11 is 0. The number of likely N-dealkylation sites (tertiary alicyclic amines) is 1. The molecular formula is C20H21N3O4S. The van der Waals surface area contributed by atoms with Crippen LogP contribution in [0.1, 0.15) is 34.9 Å². The maximum atomic E-state index is 12.9. The third-order valence-electron chi connectivity index (χ3n) is 4.70. The predicted octanol–water partition coefficient (Wildman–Crippen LogP) is 2.78. The summed E-state index contributed by atoms with van der Waals surface area (Å²) in [6, 6.07) is 9.21. The highest BCUT2D eigenvalue weighted by molar-refractivity contribution is 7.93. The van der Waals surface area contributed by atoms with Crippen LogP contribution in [-0.2, 0) is 9.84 Å². The number of carbonyl (C=O) groups excluding carboxylic acids is 1. The normalized spacial score (nSPS) is 17.5. The molecule has 7 nitrogen and oxygen atoms in total. The molecule has 2 aliphatic rings. The average Bonchev–Trinajstić information content (AvgIpc) is 3.45. The number of nitrogens with zero attached hydrogens (tertiary/aromatic N) is 3. The van der Waals surface area contributed by atoms with E-state index in [9.17, 15) is 13.2 Å². The Labute approximate surface area is 164 Å². The molecule has 2 heterocycles. The maximum Gasteiger partial charge on any atom is 0.260 e. The molecule has 1 amide bonds. The molecule has 1 aliphatic heterocycles. The number of aromatic nitrogens is 2. The van der Waals surface area contributed by atoms with Gasteiger partial charge in [0.15, 0.2) is 9.84 Å². The molecule has 146 valence electrons. The molecule has 0 unspecified atom stereocenters. The lowest BCUT2D eigenvalue weighted by Crippen LogP contribution is -2.49. The fourth-order valence-corrected chi connectivity index (χ4v) is 3.47. The first kappa shape index (κ1) is 18.6. The van der Waals surface area contributed by atoms with Crippen LogP contribution in [-0.4, -0.2) is 48.5 Å². The highest BCUT2D eigenvalue weighted by atomic mass is 32.2. The average molecular weight is 399 g/mol. The first-order valence-corrected chi connectivity index (χ1v) is 11.1. The molecular weight excluding hydrogens is 378 g/mol. The summed E-state index contributed by atoms with van der Waals surface area (Å²) in [5.41, 5.74) is 0.318. The third kappa shape index (κ3) is 4.39. The van der Waals surface area contributed by atoms with Crippen LogP contribution >= 0.6 is 0 Å². The minimum absolute atomic E-state index is 0.0313. The second-order valence-corrected chi connectivity index (χ2v) is 9.20. The van der Waals surface area contributed by atoms with Crippen LogP contribution in [0, 0.1) is 5.92 Å². The topological polar surface area (TPSA) is 89.5 Å². The smallest absolute Gasteiger partial charge is 0.260 e. The van der Waals surface area contributed by atoms with E-state index in [0.29, 0.717) is 36.1 Å². The van der Waals surface area contributed by atoms with E-state index in [0.717, 1.165) is 19.1 Å². The number of ether oxygens (including phenoxy) is 1. The largest absolute Gasteiger partial charge is 0.438 e. The number of sulfone groups is 1. The summed E-state index contributed by atoms with van der Waals surface area (Å²) in [4.78, 5) is 23.4. The standard InChI is InChI=1S/C20H21N3O4S/c1-28(25,26)10-9-14-12-23(13-14)20(24)17-11-21-18(15-7-8-15)22-19(17)27-16-5-3-2-4-6-16/h2-6,9-11,14-15H,7-8,12-13H2,1H3/b10-9+. The molecule has 0 atom stereocenters. The summed E-state index contributed by atoms with van der Waals surface area (Å²) in [5, 5.41) is 1.19. The minimum Gasteiger partial charge on any atom is -0.438 e. The molecule has 1 saturated heterocycles. The highest BCUT2D eigenvalue weighted by Gasteiger charge is 2.33. The molecule has 4 rings (SSSR count). The third-order valence-corrected chi connectivity index (χ3v) is 5.35. The van der Waals surface area contributed by atoms with Crippen molar-refractivity contribution in [3.8, 4) is 11.6 Å². The Morgan fingerprint density at radius 3 is 2.57 bits per heavy atom. The van der Waals surface area contributed by atoms with Crippen molar-refractivity contribution >= 4 is 15.7 Å². The summed E-state index contributed by atoms with van der Waals surface area (Å²) in [7, 11) is -3.16. The lowest BCUT2D eigenvalue weighted by Gasteiger charge is -2.37. The summed E-state index contributed by atoms with van der Waals surface area (Å²) in [6.45, 7) is 0.917. The molecule has 1 aromatic carbocycles. The second kappa shape index (κ2) is 7.35. The monoisotopic (exact) mass is 399 g/mol. The fourth-order valence-electron chi connectivity index (χ4n) is 2.97. The molecule has 1 saturated carbocycles. The Morgan fingerprint density at radius 2 is 1.93 bits per heavy atom. The van der Waals surface area contributed by atoms with Crippen molar-refractivity contribution in [2.45, 2.75) is 18.8 Å². The molecule has 8 heteroatoms. The van der Waals surface area contributed by atoms with Gasteiger partial charge in [0.25, 0.3) is 5.91 Å². The number of hydrogen-bond acceptors (Lipinski definition) is 6. The lowest BCUT2D eigenvalue weighted by atomic mass is 9.99. The Hall–Kier alpha value is -2.74. The van der Waals surface area contributed by atoms with E-state index in [4.69, 9.17) is 4.74 Å². The molecule has 2 aromatic rings. The predicted molar refractivity (Wildman–Crippen MR) is 104 cm³/mol. The van der Waals surface area contributed by atoms with Crippen molar-refractivity contribution in [3.05, 3.63) is 59.4 Å². The van der Waals surface area contributed by atoms with E-state index in [1.807, 2.05) is 30.3 Å². The first-order chi connectivity index (χ1) is 13.4. The van der Waals surface area contributed by atoms with E-state index in [1.54, 1.807) is 17.2 Å². The molecule has 2 fully saturated rings. The SMILES string of the molecule is CS(=O)(=O)/C=C/C1CN(C(=O)c2cnc(C3CC3)nc2Oc2ccccc2)C1. The minimum atomic E-state index is -3.16. The van der Waals surface area contributed by atoms with Crippen molar-refractivity contribution in [1.82, 2.24) is 14.9 Å². The molecule has 1 aromatic heterocycles.